The van der Waals surface area contributed by atoms with Crippen LogP contribution in [0.15, 0.2) is 243 Å². The second kappa shape index (κ2) is 15.2. The van der Waals surface area contributed by atoms with E-state index in [1.165, 1.54) is 149 Å². The van der Waals surface area contributed by atoms with Crippen molar-refractivity contribution in [3.8, 4) is 33.6 Å². The highest BCUT2D eigenvalue weighted by Gasteiger charge is 2.22. The van der Waals surface area contributed by atoms with Crippen molar-refractivity contribution in [1.82, 2.24) is 9.13 Å². The number of para-hydroxylation sites is 4. The molecule has 0 aliphatic rings. The molecule has 0 spiro atoms. The lowest BCUT2D eigenvalue weighted by Gasteiger charge is -2.17. The van der Waals surface area contributed by atoms with E-state index < -0.39 is 0 Å². The van der Waals surface area contributed by atoms with Gasteiger partial charge in [0.25, 0.3) is 0 Å². The molecule has 0 atom stereocenters. The molecule has 74 heavy (non-hydrogen) atoms. The zero-order valence-corrected chi connectivity index (χ0v) is 41.4. The molecule has 0 N–H and O–H groups in total. The number of nitrogens with zero attached hydrogens (tertiary/aromatic N) is 2. The molecule has 0 saturated heterocycles. The van der Waals surface area contributed by atoms with Crippen LogP contribution in [0.25, 0.3) is 161 Å². The van der Waals surface area contributed by atoms with Gasteiger partial charge >= 0.3 is 0 Å². The molecule has 342 valence electrons. The van der Waals surface area contributed by atoms with Gasteiger partial charge in [-0.05, 0) is 187 Å². The lowest BCUT2D eigenvalue weighted by atomic mass is 9.87. The van der Waals surface area contributed by atoms with Gasteiger partial charge in [0.2, 0.25) is 0 Å². The van der Waals surface area contributed by atoms with Gasteiger partial charge in [0, 0.05) is 73.3 Å². The number of fused-ring (bicyclic) bond motifs is 18. The summed E-state index contributed by atoms with van der Waals surface area (Å²) >= 11 is 3.75. The standard InChI is InChI=1S/C70H40N2S2/c1-3-15-45(16-4-1)71-63-23-11-7-19-47(63)59-37-55-53-35-44-34-52(42-28-30-70-62(32-42)50-22-10-14-26-68(50)74-70)58-40-66-60(48-20-8-12-24-64(48)72(66)46-17-5-2-6-18-46)38-56(58)54(44)36-43(53)33-51(57(55)39-65(59)71)41-27-29-69-61(31-41)49-21-9-13-25-67(49)73-69/h1-40H. The first-order valence-corrected chi connectivity index (χ1v) is 27.0. The largest absolute Gasteiger partial charge is 0.309 e. The number of rotatable bonds is 4. The molecule has 17 aromatic rings. The molecule has 0 radical (unpaired) electrons. The SMILES string of the molecule is c1ccc(-n2c3ccccc3c3cc4c(cc32)c(-c2ccc3sc5ccccc5c3c2)cc2cc3c(cc(-c5ccc6sc7ccccc7c6c5)c5cc6c(cc53)c3ccccc3n6-c3ccccc3)cc24)cc1. The second-order valence-electron chi connectivity index (χ2n) is 20.0. The Kier molecular flexibility index (Phi) is 8.34. The number of benzene rings is 13. The highest BCUT2D eigenvalue weighted by atomic mass is 32.1. The number of aromatic nitrogens is 2. The molecule has 13 aromatic carbocycles. The fraction of sp³-hybridized carbons (Fsp3) is 0. The molecule has 0 aliphatic carbocycles. The van der Waals surface area contributed by atoms with Crippen LogP contribution in [0.2, 0.25) is 0 Å². The summed E-state index contributed by atoms with van der Waals surface area (Å²) in [5.74, 6) is 0. The van der Waals surface area contributed by atoms with Crippen LogP contribution in [-0.4, -0.2) is 9.13 Å². The first kappa shape index (κ1) is 40.5. The van der Waals surface area contributed by atoms with Gasteiger partial charge in [0.1, 0.15) is 0 Å². The van der Waals surface area contributed by atoms with Gasteiger partial charge in [-0.3, -0.25) is 0 Å². The fourth-order valence-electron chi connectivity index (χ4n) is 12.7. The first-order valence-electron chi connectivity index (χ1n) is 25.4. The van der Waals surface area contributed by atoms with Crippen LogP contribution >= 0.6 is 22.7 Å². The summed E-state index contributed by atoms with van der Waals surface area (Å²) in [5, 5.41) is 20.2. The van der Waals surface area contributed by atoms with Gasteiger partial charge in [0.05, 0.1) is 22.1 Å². The van der Waals surface area contributed by atoms with E-state index in [0.717, 1.165) is 11.4 Å². The van der Waals surface area contributed by atoms with Gasteiger partial charge in [-0.2, -0.15) is 0 Å². The molecule has 0 saturated carbocycles. The van der Waals surface area contributed by atoms with Crippen molar-refractivity contribution < 1.29 is 0 Å². The Balaban J connectivity index is 1.02. The summed E-state index contributed by atoms with van der Waals surface area (Å²) in [5.41, 5.74) is 12.1. The smallest absolute Gasteiger partial charge is 0.0547 e. The van der Waals surface area contributed by atoms with Gasteiger partial charge in [-0.25, -0.2) is 0 Å². The van der Waals surface area contributed by atoms with E-state index in [2.05, 4.69) is 252 Å². The van der Waals surface area contributed by atoms with Crippen LogP contribution in [0.3, 0.4) is 0 Å². The zero-order valence-electron chi connectivity index (χ0n) is 39.8. The monoisotopic (exact) mass is 972 g/mol. The first-order chi connectivity index (χ1) is 36.7. The van der Waals surface area contributed by atoms with Crippen molar-refractivity contribution in [3.05, 3.63) is 243 Å². The lowest BCUT2D eigenvalue weighted by Crippen LogP contribution is -1.94. The average molecular weight is 973 g/mol. The number of hydrogen-bond donors (Lipinski definition) is 0. The maximum Gasteiger partial charge on any atom is 0.0547 e. The molecule has 0 amide bonds. The van der Waals surface area contributed by atoms with Gasteiger partial charge < -0.3 is 9.13 Å². The molecule has 0 aliphatic heterocycles. The molecule has 4 aromatic heterocycles. The third kappa shape index (κ3) is 5.75. The summed E-state index contributed by atoms with van der Waals surface area (Å²) in [6.07, 6.45) is 0. The molecule has 2 nitrogen and oxygen atoms in total. The maximum atomic E-state index is 2.51. The van der Waals surface area contributed by atoms with Crippen LogP contribution in [0.1, 0.15) is 0 Å². The topological polar surface area (TPSA) is 9.86 Å². The highest BCUT2D eigenvalue weighted by Crippen LogP contribution is 2.48. The minimum atomic E-state index is 1.16. The molecule has 0 unspecified atom stereocenters. The Labute approximate surface area is 432 Å². The van der Waals surface area contributed by atoms with E-state index in [9.17, 15) is 0 Å². The van der Waals surface area contributed by atoms with Crippen molar-refractivity contribution in [2.75, 3.05) is 0 Å². The molecule has 0 bridgehead atoms. The van der Waals surface area contributed by atoms with E-state index in [4.69, 9.17) is 0 Å². The number of thiophene rings is 2. The summed E-state index contributed by atoms with van der Waals surface area (Å²) < 4.78 is 10.2. The normalized spacial score (nSPS) is 12.3. The quantitative estimate of drug-likeness (QED) is 0.123. The summed E-state index contributed by atoms with van der Waals surface area (Å²) in [6, 6.07) is 91.5. The zero-order chi connectivity index (χ0) is 48.2. The molecule has 0 fully saturated rings. The van der Waals surface area contributed by atoms with Crippen LogP contribution in [0, 0.1) is 0 Å². The Morgan fingerprint density at radius 3 is 1.07 bits per heavy atom. The third-order valence-electron chi connectivity index (χ3n) is 16.0. The highest BCUT2D eigenvalue weighted by molar-refractivity contribution is 7.26. The Morgan fingerprint density at radius 1 is 0.216 bits per heavy atom. The lowest BCUT2D eigenvalue weighted by molar-refractivity contribution is 1.18. The number of hydrogen-bond acceptors (Lipinski definition) is 2. The molecule has 4 heteroatoms. The Morgan fingerprint density at radius 2 is 0.608 bits per heavy atom. The van der Waals surface area contributed by atoms with E-state index in [1.54, 1.807) is 0 Å². The summed E-state index contributed by atoms with van der Waals surface area (Å²) in [4.78, 5) is 0. The summed E-state index contributed by atoms with van der Waals surface area (Å²) in [6.45, 7) is 0. The minimum Gasteiger partial charge on any atom is -0.309 e. The van der Waals surface area contributed by atoms with Crippen molar-refractivity contribution in [2.24, 2.45) is 0 Å². The minimum absolute atomic E-state index is 1.16. The van der Waals surface area contributed by atoms with Crippen LogP contribution < -0.4 is 0 Å². The van der Waals surface area contributed by atoms with Crippen LogP contribution in [0.4, 0.5) is 0 Å². The predicted octanol–water partition coefficient (Wildman–Crippen LogP) is 20.6. The average Bonchev–Trinajstić information content (AvgIpc) is 4.25. The fourth-order valence-corrected chi connectivity index (χ4v) is 14.9. The van der Waals surface area contributed by atoms with Gasteiger partial charge in [0.15, 0.2) is 0 Å². The Bertz CT molecular complexity index is 4910. The van der Waals surface area contributed by atoms with E-state index in [1.807, 2.05) is 22.7 Å². The van der Waals surface area contributed by atoms with Crippen LogP contribution in [0.5, 0.6) is 0 Å². The second-order valence-corrected chi connectivity index (χ2v) is 22.1. The van der Waals surface area contributed by atoms with Gasteiger partial charge in [-0.15, -0.1) is 22.7 Å². The Hall–Kier alpha value is -9.06. The van der Waals surface area contributed by atoms with Gasteiger partial charge in [-0.1, -0.05) is 121 Å². The molecule has 17 rings (SSSR count). The predicted molar refractivity (Wildman–Crippen MR) is 322 cm³/mol. The van der Waals surface area contributed by atoms with Crippen molar-refractivity contribution in [2.45, 2.75) is 0 Å². The molecular formula is C70H40N2S2. The third-order valence-corrected chi connectivity index (χ3v) is 18.3. The molecule has 4 heterocycles. The van der Waals surface area contributed by atoms with Crippen LogP contribution in [-0.2, 0) is 0 Å². The summed E-state index contributed by atoms with van der Waals surface area (Å²) in [7, 11) is 0. The molecular weight excluding hydrogens is 933 g/mol. The maximum absolute atomic E-state index is 2.51. The van der Waals surface area contributed by atoms with Crippen molar-refractivity contribution in [3.63, 3.8) is 0 Å². The van der Waals surface area contributed by atoms with E-state index >= 15 is 0 Å². The van der Waals surface area contributed by atoms with Crippen molar-refractivity contribution in [1.29, 1.82) is 0 Å². The van der Waals surface area contributed by atoms with E-state index in [-0.39, 0.29) is 0 Å². The van der Waals surface area contributed by atoms with Crippen molar-refractivity contribution >= 4 is 150 Å². The van der Waals surface area contributed by atoms with E-state index in [0.29, 0.717) is 0 Å².